The highest BCUT2D eigenvalue weighted by atomic mass is 16.6. The molecule has 0 spiro atoms. The highest BCUT2D eigenvalue weighted by molar-refractivity contribution is 4.79. The average Bonchev–Trinajstić information content (AvgIpc) is 2.87. The second-order valence-electron chi connectivity index (χ2n) is 7.59. The Labute approximate surface area is 209 Å². The molecule has 212 valence electrons. The Morgan fingerprint density at radius 2 is 0.629 bits per heavy atom. The lowest BCUT2D eigenvalue weighted by Crippen LogP contribution is -2.43. The molecule has 35 heavy (non-hydrogen) atoms. The summed E-state index contributed by atoms with van der Waals surface area (Å²) in [5.41, 5.74) is -0.576. The zero-order valence-corrected chi connectivity index (χ0v) is 21.6. The Hall–Kier alpha value is -0.480. The minimum Gasteiger partial charge on any atom is -0.394 e. The highest BCUT2D eigenvalue weighted by Gasteiger charge is 2.32. The van der Waals surface area contributed by atoms with E-state index in [0.29, 0.717) is 106 Å². The van der Waals surface area contributed by atoms with Gasteiger partial charge in [0.1, 0.15) is 0 Å². The van der Waals surface area contributed by atoms with E-state index in [1.165, 1.54) is 0 Å². The molecule has 0 atom stereocenters. The lowest BCUT2D eigenvalue weighted by molar-refractivity contribution is -0.122. The smallest absolute Gasteiger partial charge is 0.0701 e. The van der Waals surface area contributed by atoms with E-state index >= 15 is 0 Å². The Balaban J connectivity index is 4.75. The van der Waals surface area contributed by atoms with E-state index in [-0.39, 0.29) is 26.4 Å². The molecule has 2 N–H and O–H groups in total. The molecule has 0 radical (unpaired) electrons. The lowest BCUT2D eigenvalue weighted by atomic mass is 9.92. The van der Waals surface area contributed by atoms with E-state index in [1.807, 2.05) is 0 Å². The fourth-order valence-corrected chi connectivity index (χ4v) is 2.70. The summed E-state index contributed by atoms with van der Waals surface area (Å²) in [6.45, 7) is 7.02. The van der Waals surface area contributed by atoms with Gasteiger partial charge in [-0.05, 0) is 0 Å². The second kappa shape index (κ2) is 28.1. The first-order chi connectivity index (χ1) is 17.2. The van der Waals surface area contributed by atoms with Crippen molar-refractivity contribution in [2.24, 2.45) is 5.41 Å². The minimum absolute atomic E-state index is 0.0310. The van der Waals surface area contributed by atoms with Gasteiger partial charge in [0, 0.05) is 14.2 Å². The van der Waals surface area contributed by atoms with Crippen LogP contribution in [0.25, 0.3) is 0 Å². The molecule has 0 aliphatic carbocycles. The SMILES string of the molecule is COCCOCCOCC(COCCOCCO)(COCCOCCO)COCCOCCOC. The van der Waals surface area contributed by atoms with Gasteiger partial charge in [-0.25, -0.2) is 0 Å². The number of methoxy groups -OCH3 is 2. The summed E-state index contributed by atoms with van der Waals surface area (Å²) < 4.78 is 54.9. The Morgan fingerprint density at radius 3 is 0.914 bits per heavy atom. The summed E-state index contributed by atoms with van der Waals surface area (Å²) in [7, 11) is 3.25. The van der Waals surface area contributed by atoms with Crippen LogP contribution in [0.3, 0.4) is 0 Å². The number of hydrogen-bond acceptors (Lipinski definition) is 12. The summed E-state index contributed by atoms with van der Waals surface area (Å²) >= 11 is 0. The molecule has 0 bridgehead atoms. The van der Waals surface area contributed by atoms with Crippen molar-refractivity contribution in [2.75, 3.05) is 146 Å². The van der Waals surface area contributed by atoms with Crippen LogP contribution < -0.4 is 0 Å². The maximum absolute atomic E-state index is 8.83. The van der Waals surface area contributed by atoms with Gasteiger partial charge in [0.2, 0.25) is 0 Å². The molecule has 0 fully saturated rings. The van der Waals surface area contributed by atoms with Crippen LogP contribution in [0, 0.1) is 5.41 Å². The highest BCUT2D eigenvalue weighted by Crippen LogP contribution is 2.21. The van der Waals surface area contributed by atoms with E-state index in [2.05, 4.69) is 0 Å². The Bertz CT molecular complexity index is 367. The molecule has 0 saturated heterocycles. The number of ether oxygens (including phenoxy) is 10. The molecular weight excluding hydrogens is 468 g/mol. The van der Waals surface area contributed by atoms with Gasteiger partial charge in [-0.15, -0.1) is 0 Å². The fraction of sp³-hybridized carbons (Fsp3) is 1.00. The van der Waals surface area contributed by atoms with Gasteiger partial charge in [0.15, 0.2) is 0 Å². The van der Waals surface area contributed by atoms with Crippen LogP contribution in [0.15, 0.2) is 0 Å². The normalized spacial score (nSPS) is 12.0. The van der Waals surface area contributed by atoms with E-state index in [1.54, 1.807) is 14.2 Å². The minimum atomic E-state index is -0.576. The number of hydrogen-bond donors (Lipinski definition) is 2. The molecule has 0 aliphatic rings. The van der Waals surface area contributed by atoms with Crippen molar-refractivity contribution in [3.8, 4) is 0 Å². The van der Waals surface area contributed by atoms with Crippen LogP contribution in [-0.4, -0.2) is 157 Å². The first kappa shape index (κ1) is 34.5. The van der Waals surface area contributed by atoms with Crippen molar-refractivity contribution in [3.05, 3.63) is 0 Å². The van der Waals surface area contributed by atoms with Gasteiger partial charge in [0.25, 0.3) is 0 Å². The van der Waals surface area contributed by atoms with Crippen LogP contribution in [0.5, 0.6) is 0 Å². The maximum Gasteiger partial charge on any atom is 0.0701 e. The quantitative estimate of drug-likeness (QED) is 0.118. The van der Waals surface area contributed by atoms with Crippen LogP contribution in [0.4, 0.5) is 0 Å². The summed E-state index contributed by atoms with van der Waals surface area (Å²) in [6.07, 6.45) is 0. The summed E-state index contributed by atoms with van der Waals surface area (Å²) in [6, 6.07) is 0. The molecule has 0 amide bonds. The average molecular weight is 517 g/mol. The third-order valence-electron chi connectivity index (χ3n) is 4.46. The molecular formula is C23H48O12. The van der Waals surface area contributed by atoms with Gasteiger partial charge in [0.05, 0.1) is 138 Å². The van der Waals surface area contributed by atoms with E-state index < -0.39 is 5.41 Å². The summed E-state index contributed by atoms with van der Waals surface area (Å²) in [5.74, 6) is 0. The topological polar surface area (TPSA) is 133 Å². The largest absolute Gasteiger partial charge is 0.394 e. The predicted octanol–water partition coefficient (Wildman–Crippen LogP) is -0.617. The third-order valence-corrected chi connectivity index (χ3v) is 4.46. The van der Waals surface area contributed by atoms with E-state index in [4.69, 9.17) is 57.6 Å². The van der Waals surface area contributed by atoms with E-state index in [0.717, 1.165) is 0 Å². The molecule has 0 aromatic carbocycles. The van der Waals surface area contributed by atoms with Crippen molar-refractivity contribution in [2.45, 2.75) is 0 Å². The molecule has 0 aliphatic heterocycles. The molecule has 0 aromatic rings. The van der Waals surface area contributed by atoms with Gasteiger partial charge in [-0.1, -0.05) is 0 Å². The van der Waals surface area contributed by atoms with Crippen molar-refractivity contribution in [1.29, 1.82) is 0 Å². The van der Waals surface area contributed by atoms with Gasteiger partial charge in [-0.2, -0.15) is 0 Å². The number of aliphatic hydroxyl groups is 2. The van der Waals surface area contributed by atoms with Crippen LogP contribution in [0.1, 0.15) is 0 Å². The summed E-state index contributed by atoms with van der Waals surface area (Å²) in [5, 5.41) is 17.7. The van der Waals surface area contributed by atoms with Crippen LogP contribution in [0.2, 0.25) is 0 Å². The molecule has 0 unspecified atom stereocenters. The van der Waals surface area contributed by atoms with Crippen molar-refractivity contribution >= 4 is 0 Å². The third kappa shape index (κ3) is 23.7. The molecule has 0 heterocycles. The first-order valence-electron chi connectivity index (χ1n) is 12.1. The molecule has 0 aromatic heterocycles. The monoisotopic (exact) mass is 516 g/mol. The van der Waals surface area contributed by atoms with E-state index in [9.17, 15) is 0 Å². The van der Waals surface area contributed by atoms with Gasteiger partial charge >= 0.3 is 0 Å². The van der Waals surface area contributed by atoms with Gasteiger partial charge in [-0.3, -0.25) is 0 Å². The maximum atomic E-state index is 8.83. The van der Waals surface area contributed by atoms with Crippen LogP contribution >= 0.6 is 0 Å². The van der Waals surface area contributed by atoms with Crippen molar-refractivity contribution < 1.29 is 57.6 Å². The van der Waals surface area contributed by atoms with Crippen LogP contribution in [-0.2, 0) is 47.4 Å². The first-order valence-corrected chi connectivity index (χ1v) is 12.1. The molecule has 0 saturated carbocycles. The molecule has 0 rings (SSSR count). The molecule has 12 heteroatoms. The zero-order valence-electron chi connectivity index (χ0n) is 21.6. The number of rotatable bonds is 30. The van der Waals surface area contributed by atoms with Crippen molar-refractivity contribution in [3.63, 3.8) is 0 Å². The molecule has 12 nitrogen and oxygen atoms in total. The number of aliphatic hydroxyl groups excluding tert-OH is 2. The van der Waals surface area contributed by atoms with Gasteiger partial charge < -0.3 is 57.6 Å². The predicted molar refractivity (Wildman–Crippen MR) is 127 cm³/mol. The fourth-order valence-electron chi connectivity index (χ4n) is 2.70. The lowest BCUT2D eigenvalue weighted by Gasteiger charge is -2.33. The van der Waals surface area contributed by atoms with Crippen molar-refractivity contribution in [1.82, 2.24) is 0 Å². The summed E-state index contributed by atoms with van der Waals surface area (Å²) in [4.78, 5) is 0. The Kier molecular flexibility index (Phi) is 27.7. The zero-order chi connectivity index (χ0) is 25.7. The Morgan fingerprint density at radius 1 is 0.371 bits per heavy atom. The second-order valence-corrected chi connectivity index (χ2v) is 7.59. The standard InChI is InChI=1S/C23H48O12/c1-26-7-9-30-13-17-34-21-23(19-32-15-11-28-5-3-24,20-33-16-12-29-6-4-25)22-35-18-14-31-10-8-27-2/h24-25H,3-22H2,1-2H3.